The van der Waals surface area contributed by atoms with Crippen molar-refractivity contribution in [2.45, 2.75) is 38.7 Å². The minimum Gasteiger partial charge on any atom is -0.444 e. The fraction of sp³-hybridized carbons (Fsp3) is 0.667. The van der Waals surface area contributed by atoms with Gasteiger partial charge >= 0.3 is 6.09 Å². The van der Waals surface area contributed by atoms with Crippen LogP contribution in [0.1, 0.15) is 27.2 Å². The van der Waals surface area contributed by atoms with Gasteiger partial charge in [-0.1, -0.05) is 0 Å². The number of halogens is 2. The van der Waals surface area contributed by atoms with Crippen molar-refractivity contribution in [1.29, 1.82) is 0 Å². The summed E-state index contributed by atoms with van der Waals surface area (Å²) in [4.78, 5) is 13.0. The summed E-state index contributed by atoms with van der Waals surface area (Å²) >= 11 is 0. The van der Waals surface area contributed by atoms with Crippen LogP contribution >= 0.6 is 0 Å². The van der Waals surface area contributed by atoms with Gasteiger partial charge in [-0.3, -0.25) is 0 Å². The number of hydrogen-bond acceptors (Lipinski definition) is 5. The molecule has 1 amide bonds. The van der Waals surface area contributed by atoms with Gasteiger partial charge in [0.1, 0.15) is 11.4 Å². The molecule has 0 saturated carbocycles. The SMILES string of the molecule is CC(C)(C)OC(=O)N1CC[C@@H](CNc2cccnn2)C(F)(F)C1. The number of likely N-dealkylation sites (tertiary alicyclic amines) is 1. The van der Waals surface area contributed by atoms with Gasteiger partial charge in [0.2, 0.25) is 0 Å². The molecular weight excluding hydrogens is 306 g/mol. The molecule has 0 aliphatic carbocycles. The van der Waals surface area contributed by atoms with Gasteiger partial charge in [-0.25, -0.2) is 13.6 Å². The average molecular weight is 328 g/mol. The summed E-state index contributed by atoms with van der Waals surface area (Å²) in [5, 5.41) is 10.4. The molecule has 0 radical (unpaired) electrons. The lowest BCUT2D eigenvalue weighted by Crippen LogP contribution is -2.53. The third-order valence-corrected chi connectivity index (χ3v) is 3.50. The van der Waals surface area contributed by atoms with Gasteiger partial charge in [0, 0.05) is 25.2 Å². The fourth-order valence-corrected chi connectivity index (χ4v) is 2.34. The molecular formula is C15H22F2N4O2. The molecule has 1 saturated heterocycles. The van der Waals surface area contributed by atoms with Crippen molar-refractivity contribution in [1.82, 2.24) is 15.1 Å². The van der Waals surface area contributed by atoms with Gasteiger partial charge in [-0.05, 0) is 39.3 Å². The van der Waals surface area contributed by atoms with Crippen LogP contribution in [0.2, 0.25) is 0 Å². The van der Waals surface area contributed by atoms with E-state index in [1.165, 1.54) is 6.20 Å². The third-order valence-electron chi connectivity index (χ3n) is 3.50. The van der Waals surface area contributed by atoms with E-state index in [-0.39, 0.29) is 19.5 Å². The molecule has 0 aromatic carbocycles. The molecule has 0 spiro atoms. The van der Waals surface area contributed by atoms with Crippen molar-refractivity contribution >= 4 is 11.9 Å². The molecule has 1 aromatic rings. The minimum absolute atomic E-state index is 0.0772. The molecule has 0 bridgehead atoms. The van der Waals surface area contributed by atoms with Gasteiger partial charge in [-0.2, -0.15) is 5.10 Å². The Morgan fingerprint density at radius 3 is 2.83 bits per heavy atom. The zero-order valence-electron chi connectivity index (χ0n) is 13.6. The topological polar surface area (TPSA) is 67.3 Å². The number of amides is 1. The second kappa shape index (κ2) is 6.64. The summed E-state index contributed by atoms with van der Waals surface area (Å²) in [6, 6.07) is 3.35. The van der Waals surface area contributed by atoms with Crippen LogP contribution in [0.4, 0.5) is 19.4 Å². The Balaban J connectivity index is 1.91. The van der Waals surface area contributed by atoms with E-state index in [4.69, 9.17) is 4.74 Å². The number of hydrogen-bond donors (Lipinski definition) is 1. The van der Waals surface area contributed by atoms with Crippen LogP contribution in [0.3, 0.4) is 0 Å². The van der Waals surface area contributed by atoms with E-state index >= 15 is 0 Å². The zero-order valence-corrected chi connectivity index (χ0v) is 13.6. The summed E-state index contributed by atoms with van der Waals surface area (Å²) in [6.07, 6.45) is 1.01. The summed E-state index contributed by atoms with van der Waals surface area (Å²) in [5.41, 5.74) is -0.698. The van der Waals surface area contributed by atoms with Crippen molar-refractivity contribution in [3.8, 4) is 0 Å². The minimum atomic E-state index is -2.98. The highest BCUT2D eigenvalue weighted by atomic mass is 19.3. The second-order valence-electron chi connectivity index (χ2n) is 6.64. The molecule has 1 N–H and O–H groups in total. The maximum Gasteiger partial charge on any atom is 0.410 e. The van der Waals surface area contributed by atoms with Crippen molar-refractivity contribution < 1.29 is 18.3 Å². The maximum atomic E-state index is 14.3. The Bertz CT molecular complexity index is 534. The van der Waals surface area contributed by atoms with Crippen LogP contribution in [-0.4, -0.2) is 52.3 Å². The summed E-state index contributed by atoms with van der Waals surface area (Å²) in [6.45, 7) is 4.82. The number of piperidine rings is 1. The Hall–Kier alpha value is -1.99. The van der Waals surface area contributed by atoms with Gasteiger partial charge < -0.3 is 15.0 Å². The molecule has 128 valence electrons. The van der Waals surface area contributed by atoms with Crippen LogP contribution in [-0.2, 0) is 4.74 Å². The highest BCUT2D eigenvalue weighted by Gasteiger charge is 2.46. The lowest BCUT2D eigenvalue weighted by Gasteiger charge is -2.38. The lowest BCUT2D eigenvalue weighted by molar-refractivity contribution is -0.106. The monoisotopic (exact) mass is 328 g/mol. The van der Waals surface area contributed by atoms with Crippen LogP contribution in [0, 0.1) is 5.92 Å². The van der Waals surface area contributed by atoms with Crippen molar-refractivity contribution in [2.24, 2.45) is 5.92 Å². The Labute approximate surface area is 134 Å². The van der Waals surface area contributed by atoms with E-state index in [1.54, 1.807) is 32.9 Å². The molecule has 1 aromatic heterocycles. The Kier molecular flexibility index (Phi) is 5.01. The first-order valence-corrected chi connectivity index (χ1v) is 7.55. The van der Waals surface area contributed by atoms with Crippen LogP contribution in [0.15, 0.2) is 18.3 Å². The molecule has 1 aliphatic rings. The highest BCUT2D eigenvalue weighted by Crippen LogP contribution is 2.33. The van der Waals surface area contributed by atoms with Gasteiger partial charge in [0.25, 0.3) is 5.92 Å². The third kappa shape index (κ3) is 5.01. The van der Waals surface area contributed by atoms with E-state index in [9.17, 15) is 13.6 Å². The fourth-order valence-electron chi connectivity index (χ4n) is 2.34. The molecule has 23 heavy (non-hydrogen) atoms. The van der Waals surface area contributed by atoms with Crippen LogP contribution in [0.25, 0.3) is 0 Å². The first kappa shape index (κ1) is 17.4. The number of aromatic nitrogens is 2. The number of ether oxygens (including phenoxy) is 1. The summed E-state index contributed by atoms with van der Waals surface area (Å²) in [5.74, 6) is -3.40. The first-order valence-electron chi connectivity index (χ1n) is 7.55. The standard InChI is InChI=1S/C15H22F2N4O2/c1-14(2,3)23-13(22)21-8-6-11(15(16,17)10-21)9-18-12-5-4-7-19-20-12/h4-5,7,11H,6,8-10H2,1-3H3,(H,18,20)/t11-/m0/s1. The van der Waals surface area contributed by atoms with Gasteiger partial charge in [0.15, 0.2) is 0 Å². The highest BCUT2D eigenvalue weighted by molar-refractivity contribution is 5.68. The van der Waals surface area contributed by atoms with E-state index in [0.717, 1.165) is 4.90 Å². The number of carbonyl (C=O) groups excluding carboxylic acids is 1. The smallest absolute Gasteiger partial charge is 0.410 e. The zero-order chi connectivity index (χ0) is 17.1. The van der Waals surface area contributed by atoms with E-state index < -0.39 is 30.1 Å². The quantitative estimate of drug-likeness (QED) is 0.924. The molecule has 2 heterocycles. The summed E-state index contributed by atoms with van der Waals surface area (Å²) < 4.78 is 33.7. The van der Waals surface area contributed by atoms with Gasteiger partial charge in [0.05, 0.1) is 6.54 Å². The van der Waals surface area contributed by atoms with Gasteiger partial charge in [-0.15, -0.1) is 5.10 Å². The first-order chi connectivity index (χ1) is 10.7. The van der Waals surface area contributed by atoms with E-state index in [2.05, 4.69) is 15.5 Å². The Morgan fingerprint density at radius 2 is 2.26 bits per heavy atom. The number of rotatable bonds is 3. The van der Waals surface area contributed by atoms with E-state index in [1.807, 2.05) is 0 Å². The summed E-state index contributed by atoms with van der Waals surface area (Å²) in [7, 11) is 0. The van der Waals surface area contributed by atoms with Crippen molar-refractivity contribution in [3.05, 3.63) is 18.3 Å². The second-order valence-corrected chi connectivity index (χ2v) is 6.64. The normalized spacial score (nSPS) is 20.9. The molecule has 1 atom stereocenters. The number of alkyl halides is 2. The van der Waals surface area contributed by atoms with Crippen LogP contribution < -0.4 is 5.32 Å². The molecule has 0 unspecified atom stereocenters. The predicted octanol–water partition coefficient (Wildman–Crippen LogP) is 2.78. The predicted molar refractivity (Wildman–Crippen MR) is 81.4 cm³/mol. The number of nitrogens with one attached hydrogen (secondary N) is 1. The average Bonchev–Trinajstić information content (AvgIpc) is 2.44. The van der Waals surface area contributed by atoms with Crippen LogP contribution in [0.5, 0.6) is 0 Å². The van der Waals surface area contributed by atoms with Crippen molar-refractivity contribution in [2.75, 3.05) is 25.0 Å². The Morgan fingerprint density at radius 1 is 1.52 bits per heavy atom. The lowest BCUT2D eigenvalue weighted by atomic mass is 9.93. The molecule has 1 fully saturated rings. The van der Waals surface area contributed by atoms with E-state index in [0.29, 0.717) is 5.82 Å². The molecule has 1 aliphatic heterocycles. The molecule has 2 rings (SSSR count). The largest absolute Gasteiger partial charge is 0.444 e. The van der Waals surface area contributed by atoms with Crippen molar-refractivity contribution in [3.63, 3.8) is 0 Å². The number of nitrogens with zero attached hydrogens (tertiary/aromatic N) is 3. The number of carbonyl (C=O) groups is 1. The maximum absolute atomic E-state index is 14.3. The molecule has 8 heteroatoms. The molecule has 6 nitrogen and oxygen atoms in total. The number of anilines is 1.